The van der Waals surface area contributed by atoms with Crippen LogP contribution >= 0.6 is 0 Å². The van der Waals surface area contributed by atoms with Crippen LogP contribution in [0.2, 0.25) is 0 Å². The highest BCUT2D eigenvalue weighted by molar-refractivity contribution is 5.42. The van der Waals surface area contributed by atoms with Gasteiger partial charge in [0.05, 0.1) is 7.11 Å². The van der Waals surface area contributed by atoms with E-state index < -0.39 is 18.7 Å². The molecule has 0 fully saturated rings. The molecule has 1 rings (SSSR count). The van der Waals surface area contributed by atoms with Gasteiger partial charge >= 0.3 is 6.18 Å². The van der Waals surface area contributed by atoms with Crippen LogP contribution in [-0.2, 0) is 6.42 Å². The highest BCUT2D eigenvalue weighted by Gasteiger charge is 2.38. The zero-order valence-electron chi connectivity index (χ0n) is 9.93. The molecule has 1 N–H and O–H groups in total. The molecule has 0 aliphatic carbocycles. The number of rotatable bonds is 3. The van der Waals surface area contributed by atoms with Crippen LogP contribution in [-0.4, -0.2) is 24.5 Å². The van der Waals surface area contributed by atoms with Crippen LogP contribution in [0.1, 0.15) is 16.7 Å². The number of methoxy groups -OCH3 is 1. The molecular formula is C12H15F3O2. The minimum Gasteiger partial charge on any atom is -0.496 e. The highest BCUT2D eigenvalue weighted by Crippen LogP contribution is 2.28. The van der Waals surface area contributed by atoms with Crippen LogP contribution in [0.5, 0.6) is 5.75 Å². The minimum absolute atomic E-state index is 0.362. The maximum absolute atomic E-state index is 12.3. The number of aliphatic hydroxyl groups excluding tert-OH is 1. The summed E-state index contributed by atoms with van der Waals surface area (Å²) in [6.45, 7) is 3.65. The van der Waals surface area contributed by atoms with Crippen molar-refractivity contribution in [1.29, 1.82) is 0 Å². The Morgan fingerprint density at radius 2 is 1.76 bits per heavy atom. The SMILES string of the molecule is COc1cc(C)c(C)cc1CC(O)C(F)(F)F. The molecule has 0 aliphatic rings. The van der Waals surface area contributed by atoms with Crippen molar-refractivity contribution in [2.75, 3.05) is 7.11 Å². The fraction of sp³-hybridized carbons (Fsp3) is 0.500. The topological polar surface area (TPSA) is 29.5 Å². The van der Waals surface area contributed by atoms with Crippen LogP contribution in [0.15, 0.2) is 12.1 Å². The molecule has 0 saturated carbocycles. The molecule has 0 aromatic heterocycles. The lowest BCUT2D eigenvalue weighted by Gasteiger charge is -2.17. The summed E-state index contributed by atoms with van der Waals surface area (Å²) in [7, 11) is 1.40. The summed E-state index contributed by atoms with van der Waals surface area (Å²) in [4.78, 5) is 0. The fourth-order valence-corrected chi connectivity index (χ4v) is 1.52. The number of hydrogen-bond donors (Lipinski definition) is 1. The molecule has 2 nitrogen and oxygen atoms in total. The molecule has 0 bridgehead atoms. The van der Waals surface area contributed by atoms with E-state index in [0.29, 0.717) is 11.3 Å². The van der Waals surface area contributed by atoms with Crippen molar-refractivity contribution in [3.8, 4) is 5.75 Å². The van der Waals surface area contributed by atoms with Crippen molar-refractivity contribution in [3.63, 3.8) is 0 Å². The smallest absolute Gasteiger partial charge is 0.414 e. The number of hydrogen-bond acceptors (Lipinski definition) is 2. The van der Waals surface area contributed by atoms with Crippen LogP contribution in [0.3, 0.4) is 0 Å². The lowest BCUT2D eigenvalue weighted by Crippen LogP contribution is -2.30. The number of aryl methyl sites for hydroxylation is 2. The summed E-state index contributed by atoms with van der Waals surface area (Å²) in [6, 6.07) is 3.29. The van der Waals surface area contributed by atoms with Crippen LogP contribution in [0, 0.1) is 13.8 Å². The molecular weight excluding hydrogens is 233 g/mol. The highest BCUT2D eigenvalue weighted by atomic mass is 19.4. The molecule has 0 aliphatic heterocycles. The molecule has 1 aromatic carbocycles. The lowest BCUT2D eigenvalue weighted by atomic mass is 10.0. The van der Waals surface area contributed by atoms with Gasteiger partial charge < -0.3 is 9.84 Å². The van der Waals surface area contributed by atoms with E-state index in [1.807, 2.05) is 6.92 Å². The van der Waals surface area contributed by atoms with Gasteiger partial charge in [0.1, 0.15) is 5.75 Å². The molecule has 0 amide bonds. The Morgan fingerprint density at radius 1 is 1.24 bits per heavy atom. The standard InChI is InChI=1S/C12H15F3O2/c1-7-4-9(6-11(16)12(13,14)15)10(17-3)5-8(7)2/h4-5,11,16H,6H2,1-3H3. The van der Waals surface area contributed by atoms with Gasteiger partial charge in [-0.05, 0) is 36.6 Å². The monoisotopic (exact) mass is 248 g/mol. The van der Waals surface area contributed by atoms with Crippen molar-refractivity contribution in [1.82, 2.24) is 0 Å². The second kappa shape index (κ2) is 4.96. The maximum atomic E-state index is 12.3. The van der Waals surface area contributed by atoms with Crippen molar-refractivity contribution < 1.29 is 23.0 Å². The Morgan fingerprint density at radius 3 is 2.24 bits per heavy atom. The summed E-state index contributed by atoms with van der Waals surface area (Å²) in [5, 5.41) is 9.04. The summed E-state index contributed by atoms with van der Waals surface area (Å²) in [6.07, 6.45) is -7.46. The third kappa shape index (κ3) is 3.36. The summed E-state index contributed by atoms with van der Waals surface area (Å²) in [5.41, 5.74) is 2.17. The van der Waals surface area contributed by atoms with Gasteiger partial charge in [-0.1, -0.05) is 6.07 Å². The van der Waals surface area contributed by atoms with Crippen molar-refractivity contribution in [3.05, 3.63) is 28.8 Å². The molecule has 17 heavy (non-hydrogen) atoms. The van der Waals surface area contributed by atoms with E-state index in [2.05, 4.69) is 0 Å². The predicted molar refractivity (Wildman–Crippen MR) is 58.2 cm³/mol. The Hall–Kier alpha value is -1.23. The summed E-state index contributed by atoms with van der Waals surface area (Å²) in [5.74, 6) is 0.372. The zero-order valence-corrected chi connectivity index (χ0v) is 9.93. The lowest BCUT2D eigenvalue weighted by molar-refractivity contribution is -0.203. The Kier molecular flexibility index (Phi) is 4.03. The Balaban J connectivity index is 3.02. The molecule has 0 spiro atoms. The van der Waals surface area contributed by atoms with Crippen LogP contribution < -0.4 is 4.74 Å². The van der Waals surface area contributed by atoms with E-state index in [9.17, 15) is 13.2 Å². The number of halogens is 3. The van der Waals surface area contributed by atoms with Gasteiger partial charge in [0, 0.05) is 6.42 Å². The van der Waals surface area contributed by atoms with Gasteiger partial charge in [-0.15, -0.1) is 0 Å². The second-order valence-corrected chi connectivity index (χ2v) is 4.01. The quantitative estimate of drug-likeness (QED) is 0.891. The van der Waals surface area contributed by atoms with Gasteiger partial charge in [0.2, 0.25) is 0 Å². The zero-order chi connectivity index (χ0) is 13.2. The summed E-state index contributed by atoms with van der Waals surface area (Å²) < 4.78 is 41.8. The first-order valence-electron chi connectivity index (χ1n) is 5.14. The molecule has 0 saturated heterocycles. The molecule has 5 heteroatoms. The van der Waals surface area contributed by atoms with E-state index in [1.54, 1.807) is 19.1 Å². The third-order valence-corrected chi connectivity index (χ3v) is 2.69. The van der Waals surface area contributed by atoms with Crippen molar-refractivity contribution >= 4 is 0 Å². The Labute approximate surface area is 98.0 Å². The molecule has 96 valence electrons. The predicted octanol–water partition coefficient (Wildman–Crippen LogP) is 2.78. The molecule has 0 radical (unpaired) electrons. The number of alkyl halides is 3. The first kappa shape index (κ1) is 13.8. The average molecular weight is 248 g/mol. The first-order valence-corrected chi connectivity index (χ1v) is 5.14. The van der Waals surface area contributed by atoms with E-state index in [4.69, 9.17) is 9.84 Å². The van der Waals surface area contributed by atoms with E-state index in [0.717, 1.165) is 11.1 Å². The molecule has 0 heterocycles. The summed E-state index contributed by atoms with van der Waals surface area (Å²) >= 11 is 0. The number of ether oxygens (including phenoxy) is 1. The van der Waals surface area contributed by atoms with Crippen LogP contribution in [0.4, 0.5) is 13.2 Å². The third-order valence-electron chi connectivity index (χ3n) is 2.69. The van der Waals surface area contributed by atoms with Crippen molar-refractivity contribution in [2.45, 2.75) is 32.5 Å². The number of benzene rings is 1. The maximum Gasteiger partial charge on any atom is 0.414 e. The molecule has 1 aromatic rings. The molecule has 1 atom stereocenters. The van der Waals surface area contributed by atoms with Gasteiger partial charge in [-0.25, -0.2) is 0 Å². The van der Waals surface area contributed by atoms with Gasteiger partial charge in [-0.3, -0.25) is 0 Å². The van der Waals surface area contributed by atoms with E-state index in [-0.39, 0.29) is 0 Å². The largest absolute Gasteiger partial charge is 0.496 e. The Bertz CT molecular complexity index is 399. The van der Waals surface area contributed by atoms with Gasteiger partial charge in [0.25, 0.3) is 0 Å². The van der Waals surface area contributed by atoms with E-state index >= 15 is 0 Å². The van der Waals surface area contributed by atoms with Gasteiger partial charge in [0.15, 0.2) is 6.10 Å². The molecule has 1 unspecified atom stereocenters. The number of aliphatic hydroxyl groups is 1. The normalized spacial score (nSPS) is 13.6. The van der Waals surface area contributed by atoms with E-state index in [1.165, 1.54) is 7.11 Å². The van der Waals surface area contributed by atoms with Crippen molar-refractivity contribution in [2.24, 2.45) is 0 Å². The second-order valence-electron chi connectivity index (χ2n) is 4.01. The minimum atomic E-state index is -4.61. The average Bonchev–Trinajstić information content (AvgIpc) is 2.21. The first-order chi connectivity index (χ1) is 7.75. The van der Waals surface area contributed by atoms with Crippen LogP contribution in [0.25, 0.3) is 0 Å². The van der Waals surface area contributed by atoms with Gasteiger partial charge in [-0.2, -0.15) is 13.2 Å². The fourth-order valence-electron chi connectivity index (χ4n) is 1.52.